The Balaban J connectivity index is 2.16. The molecule has 4 heteroatoms. The fourth-order valence-electron chi connectivity index (χ4n) is 2.22. The molecule has 2 N–H and O–H groups in total. The third-order valence-electron chi connectivity index (χ3n) is 3.28. The molecule has 0 radical (unpaired) electrons. The summed E-state index contributed by atoms with van der Waals surface area (Å²) in [6.45, 7) is 2.01. The van der Waals surface area contributed by atoms with Crippen molar-refractivity contribution < 1.29 is 4.52 Å². The molecule has 0 saturated heterocycles. The molecule has 3 rings (SSSR count). The van der Waals surface area contributed by atoms with E-state index in [9.17, 15) is 0 Å². The third-order valence-corrected chi connectivity index (χ3v) is 3.28. The molecule has 0 aliphatic carbocycles. The molecule has 0 saturated carbocycles. The first-order valence-corrected chi connectivity index (χ1v) is 6.00. The lowest BCUT2D eigenvalue weighted by atomic mass is 10.1. The lowest BCUT2D eigenvalue weighted by Crippen LogP contribution is -1.91. The van der Waals surface area contributed by atoms with Gasteiger partial charge in [-0.15, -0.1) is 0 Å². The number of aromatic nitrogens is 2. The minimum atomic E-state index is 0.646. The number of rotatable bonds is 2. The summed E-state index contributed by atoms with van der Waals surface area (Å²) in [5.41, 5.74) is 9.66. The Labute approximate surface area is 105 Å². The topological polar surface area (TPSA) is 57.0 Å². The molecule has 18 heavy (non-hydrogen) atoms. The van der Waals surface area contributed by atoms with Gasteiger partial charge in [-0.2, -0.15) is 0 Å². The maximum atomic E-state index is 6.03. The predicted octanol–water partition coefficient (Wildman–Crippen LogP) is 2.98. The molecule has 0 aliphatic heterocycles. The number of aryl methyl sites for hydroxylation is 2. The highest BCUT2D eigenvalue weighted by Gasteiger charge is 2.14. The van der Waals surface area contributed by atoms with E-state index in [0.717, 1.165) is 17.7 Å². The molecule has 0 unspecified atom stereocenters. The number of benzene rings is 1. The Hall–Kier alpha value is -2.23. The molecular weight excluding hydrogens is 226 g/mol. The minimum absolute atomic E-state index is 0.646. The Morgan fingerprint density at radius 1 is 1.33 bits per heavy atom. The molecule has 0 fully saturated rings. The van der Waals surface area contributed by atoms with Crippen molar-refractivity contribution in [1.82, 2.24) is 9.72 Å². The van der Waals surface area contributed by atoms with Gasteiger partial charge in [0.25, 0.3) is 0 Å². The molecular formula is C14H15N3O. The number of nitrogen functional groups attached to an aromatic ring is 1. The first kappa shape index (κ1) is 10.9. The maximum Gasteiger partial charge on any atom is 0.190 e. The van der Waals surface area contributed by atoms with Crippen LogP contribution >= 0.6 is 0 Å². The van der Waals surface area contributed by atoms with E-state index in [-0.39, 0.29) is 0 Å². The second-order valence-corrected chi connectivity index (χ2v) is 4.43. The summed E-state index contributed by atoms with van der Waals surface area (Å²) in [4.78, 5) is 0. The Morgan fingerprint density at radius 2 is 2.17 bits per heavy atom. The summed E-state index contributed by atoms with van der Waals surface area (Å²) in [6, 6.07) is 8.23. The van der Waals surface area contributed by atoms with Crippen molar-refractivity contribution >= 4 is 16.6 Å². The summed E-state index contributed by atoms with van der Waals surface area (Å²) < 4.78 is 7.43. The van der Waals surface area contributed by atoms with E-state index in [0.29, 0.717) is 11.4 Å². The van der Waals surface area contributed by atoms with Crippen LogP contribution in [0.2, 0.25) is 0 Å². The van der Waals surface area contributed by atoms with Gasteiger partial charge >= 0.3 is 0 Å². The summed E-state index contributed by atoms with van der Waals surface area (Å²) in [6.07, 6.45) is 2.82. The molecule has 0 amide bonds. The maximum absolute atomic E-state index is 6.03. The lowest BCUT2D eigenvalue weighted by molar-refractivity contribution is 0.424. The van der Waals surface area contributed by atoms with Crippen molar-refractivity contribution in [3.8, 4) is 11.3 Å². The second-order valence-electron chi connectivity index (χ2n) is 4.43. The zero-order chi connectivity index (χ0) is 12.7. The van der Waals surface area contributed by atoms with Crippen molar-refractivity contribution in [2.24, 2.45) is 7.05 Å². The number of anilines is 1. The standard InChI is InChI=1S/C14H15N3O/c1-3-11-13(15)14(18-16-11)10-4-5-12-9(8-10)6-7-17(12)2/h4-8H,3,15H2,1-2H3. The van der Waals surface area contributed by atoms with Crippen LogP contribution in [0, 0.1) is 0 Å². The highest BCUT2D eigenvalue weighted by molar-refractivity contribution is 5.86. The van der Waals surface area contributed by atoms with Gasteiger partial charge in [-0.1, -0.05) is 12.1 Å². The van der Waals surface area contributed by atoms with Gasteiger partial charge in [-0.3, -0.25) is 0 Å². The van der Waals surface area contributed by atoms with Gasteiger partial charge in [-0.05, 0) is 30.7 Å². The highest BCUT2D eigenvalue weighted by atomic mass is 16.5. The number of nitrogens with two attached hydrogens (primary N) is 1. The van der Waals surface area contributed by atoms with Gasteiger partial charge < -0.3 is 14.8 Å². The summed E-state index contributed by atoms with van der Waals surface area (Å²) >= 11 is 0. The van der Waals surface area contributed by atoms with Crippen LogP contribution in [-0.4, -0.2) is 9.72 Å². The van der Waals surface area contributed by atoms with Gasteiger partial charge in [-0.25, -0.2) is 0 Å². The van der Waals surface area contributed by atoms with E-state index in [2.05, 4.69) is 27.9 Å². The minimum Gasteiger partial charge on any atom is -0.394 e. The van der Waals surface area contributed by atoms with E-state index in [4.69, 9.17) is 10.3 Å². The molecule has 3 aromatic rings. The van der Waals surface area contributed by atoms with Gasteiger partial charge in [0.05, 0.1) is 0 Å². The number of hydrogen-bond acceptors (Lipinski definition) is 3. The van der Waals surface area contributed by atoms with Crippen molar-refractivity contribution in [3.63, 3.8) is 0 Å². The van der Waals surface area contributed by atoms with Crippen molar-refractivity contribution in [3.05, 3.63) is 36.2 Å². The average Bonchev–Trinajstić information content (AvgIpc) is 2.93. The zero-order valence-corrected chi connectivity index (χ0v) is 10.5. The molecule has 0 atom stereocenters. The second kappa shape index (κ2) is 3.91. The molecule has 0 spiro atoms. The zero-order valence-electron chi connectivity index (χ0n) is 10.5. The van der Waals surface area contributed by atoms with E-state index in [1.807, 2.05) is 26.2 Å². The van der Waals surface area contributed by atoms with E-state index in [1.165, 1.54) is 10.9 Å². The van der Waals surface area contributed by atoms with Crippen LogP contribution in [0.4, 0.5) is 5.69 Å². The molecule has 4 nitrogen and oxygen atoms in total. The van der Waals surface area contributed by atoms with E-state index >= 15 is 0 Å². The summed E-state index contributed by atoms with van der Waals surface area (Å²) in [5.74, 6) is 0.664. The SMILES string of the molecule is CCc1noc(-c2ccc3c(ccn3C)c2)c1N. The summed E-state index contributed by atoms with van der Waals surface area (Å²) in [7, 11) is 2.03. The predicted molar refractivity (Wildman–Crippen MR) is 72.2 cm³/mol. The number of nitrogens with zero attached hydrogens (tertiary/aromatic N) is 2. The Bertz CT molecular complexity index is 709. The average molecular weight is 241 g/mol. The van der Waals surface area contributed by atoms with Crippen molar-refractivity contribution in [1.29, 1.82) is 0 Å². The first-order valence-electron chi connectivity index (χ1n) is 6.00. The van der Waals surface area contributed by atoms with Crippen LogP contribution in [0.15, 0.2) is 35.0 Å². The molecule has 0 aliphatic rings. The smallest absolute Gasteiger partial charge is 0.190 e. The van der Waals surface area contributed by atoms with Gasteiger partial charge in [0.15, 0.2) is 5.76 Å². The number of fused-ring (bicyclic) bond motifs is 1. The van der Waals surface area contributed by atoms with Crippen LogP contribution < -0.4 is 5.73 Å². The van der Waals surface area contributed by atoms with Gasteiger partial charge in [0, 0.05) is 29.7 Å². The fourth-order valence-corrected chi connectivity index (χ4v) is 2.22. The molecule has 0 bridgehead atoms. The highest BCUT2D eigenvalue weighted by Crippen LogP contribution is 2.31. The van der Waals surface area contributed by atoms with Crippen LogP contribution in [-0.2, 0) is 13.5 Å². The van der Waals surface area contributed by atoms with Crippen molar-refractivity contribution in [2.45, 2.75) is 13.3 Å². The molecule has 1 aromatic carbocycles. The van der Waals surface area contributed by atoms with Crippen LogP contribution in [0.5, 0.6) is 0 Å². The van der Waals surface area contributed by atoms with Gasteiger partial charge in [0.2, 0.25) is 0 Å². The summed E-state index contributed by atoms with van der Waals surface area (Å²) in [5, 5.41) is 5.16. The largest absolute Gasteiger partial charge is 0.394 e. The van der Waals surface area contributed by atoms with Crippen LogP contribution in [0.1, 0.15) is 12.6 Å². The van der Waals surface area contributed by atoms with Crippen molar-refractivity contribution in [2.75, 3.05) is 5.73 Å². The molecule has 92 valence electrons. The van der Waals surface area contributed by atoms with Gasteiger partial charge in [0.1, 0.15) is 11.4 Å². The Morgan fingerprint density at radius 3 is 2.89 bits per heavy atom. The van der Waals surface area contributed by atoms with E-state index in [1.54, 1.807) is 0 Å². The monoisotopic (exact) mass is 241 g/mol. The molecule has 2 aromatic heterocycles. The first-order chi connectivity index (χ1) is 8.70. The Kier molecular flexibility index (Phi) is 2.37. The quantitative estimate of drug-likeness (QED) is 0.750. The van der Waals surface area contributed by atoms with E-state index < -0.39 is 0 Å². The molecule has 2 heterocycles. The third kappa shape index (κ3) is 1.49. The van der Waals surface area contributed by atoms with Crippen LogP contribution in [0.25, 0.3) is 22.2 Å². The van der Waals surface area contributed by atoms with Crippen LogP contribution in [0.3, 0.4) is 0 Å². The normalized spacial score (nSPS) is 11.2. The number of hydrogen-bond donors (Lipinski definition) is 1. The fraction of sp³-hybridized carbons (Fsp3) is 0.214. The lowest BCUT2D eigenvalue weighted by Gasteiger charge is -2.00.